The fourth-order valence-electron chi connectivity index (χ4n) is 3.53. The number of nitro groups is 2. The van der Waals surface area contributed by atoms with Crippen LogP contribution in [0.4, 0.5) is 21.9 Å². The Kier molecular flexibility index (Phi) is 7.10. The number of benzene rings is 3. The third kappa shape index (κ3) is 5.43. The Morgan fingerprint density at radius 3 is 2.18 bits per heavy atom. The van der Waals surface area contributed by atoms with Crippen LogP contribution in [0.1, 0.15) is 15.9 Å². The Bertz CT molecular complexity index is 1560. The minimum absolute atomic E-state index is 0.108. The molecular weight excluding hydrogens is 516 g/mol. The Balaban J connectivity index is 1.57. The first-order chi connectivity index (χ1) is 18.6. The van der Waals surface area contributed by atoms with E-state index in [1.165, 1.54) is 61.7 Å². The Labute approximate surface area is 218 Å². The lowest BCUT2D eigenvalue weighted by Gasteiger charge is -2.26. The second-order valence-corrected chi connectivity index (χ2v) is 7.83. The molecule has 0 aliphatic carbocycles. The normalized spacial score (nSPS) is 14.1. The van der Waals surface area contributed by atoms with Gasteiger partial charge in [0.25, 0.3) is 17.5 Å². The number of nitrogens with zero attached hydrogens (tertiary/aromatic N) is 3. The number of anilines is 1. The van der Waals surface area contributed by atoms with E-state index in [0.29, 0.717) is 5.56 Å². The maximum Gasteiger partial charge on any atom is 0.337 e. The highest BCUT2D eigenvalue weighted by atomic mass is 16.6. The molecule has 1 heterocycles. The van der Waals surface area contributed by atoms with E-state index in [-0.39, 0.29) is 28.3 Å². The average molecular weight is 532 g/mol. The number of barbiturate groups is 1. The van der Waals surface area contributed by atoms with Crippen LogP contribution >= 0.6 is 0 Å². The van der Waals surface area contributed by atoms with Crippen molar-refractivity contribution in [2.75, 3.05) is 12.0 Å². The number of carbonyl (C=O) groups is 4. The van der Waals surface area contributed by atoms with E-state index in [0.717, 1.165) is 23.1 Å². The number of non-ortho nitro benzene ring substituents is 1. The highest BCUT2D eigenvalue weighted by molar-refractivity contribution is 6.39. The first kappa shape index (κ1) is 26.2. The fourth-order valence-corrected chi connectivity index (χ4v) is 3.53. The van der Waals surface area contributed by atoms with Crippen molar-refractivity contribution in [1.29, 1.82) is 0 Å². The van der Waals surface area contributed by atoms with Gasteiger partial charge in [-0.15, -0.1) is 0 Å². The monoisotopic (exact) mass is 532 g/mol. The maximum absolute atomic E-state index is 13.1. The number of rotatable bonds is 7. The molecule has 0 atom stereocenters. The van der Waals surface area contributed by atoms with Crippen LogP contribution in [0.2, 0.25) is 0 Å². The van der Waals surface area contributed by atoms with Crippen molar-refractivity contribution in [3.8, 4) is 11.5 Å². The lowest BCUT2D eigenvalue weighted by atomic mass is 10.1. The number of nitro benzene ring substituents is 2. The van der Waals surface area contributed by atoms with Gasteiger partial charge in [0.05, 0.1) is 34.3 Å². The quantitative estimate of drug-likeness (QED) is 0.154. The number of esters is 1. The van der Waals surface area contributed by atoms with E-state index in [4.69, 9.17) is 4.74 Å². The molecule has 3 aromatic carbocycles. The Morgan fingerprint density at radius 1 is 0.923 bits per heavy atom. The molecule has 1 saturated heterocycles. The zero-order chi connectivity index (χ0) is 28.3. The van der Waals surface area contributed by atoms with Crippen LogP contribution in [0, 0.1) is 20.2 Å². The van der Waals surface area contributed by atoms with Gasteiger partial charge in [0.1, 0.15) is 11.3 Å². The van der Waals surface area contributed by atoms with Crippen LogP contribution in [0.3, 0.4) is 0 Å². The van der Waals surface area contributed by atoms with Crippen molar-refractivity contribution in [1.82, 2.24) is 5.32 Å². The van der Waals surface area contributed by atoms with Gasteiger partial charge >= 0.3 is 17.7 Å². The highest BCUT2D eigenvalue weighted by Gasteiger charge is 2.36. The molecule has 0 spiro atoms. The summed E-state index contributed by atoms with van der Waals surface area (Å²) < 4.78 is 10.1. The van der Waals surface area contributed by atoms with Crippen molar-refractivity contribution < 1.29 is 38.5 Å². The Morgan fingerprint density at radius 2 is 1.59 bits per heavy atom. The molecule has 0 saturated carbocycles. The van der Waals surface area contributed by atoms with Gasteiger partial charge < -0.3 is 9.47 Å². The van der Waals surface area contributed by atoms with Crippen molar-refractivity contribution >= 4 is 47.0 Å². The summed E-state index contributed by atoms with van der Waals surface area (Å²) in [6.07, 6.45) is 1.23. The predicted molar refractivity (Wildman–Crippen MR) is 133 cm³/mol. The van der Waals surface area contributed by atoms with Crippen LogP contribution < -0.4 is 15.0 Å². The van der Waals surface area contributed by atoms with E-state index < -0.39 is 45.0 Å². The Hall–Kier alpha value is -5.92. The summed E-state index contributed by atoms with van der Waals surface area (Å²) in [5.41, 5.74) is -0.778. The number of amides is 4. The number of hydrogen-bond acceptors (Lipinski definition) is 10. The van der Waals surface area contributed by atoms with Crippen LogP contribution in [-0.4, -0.2) is 40.8 Å². The van der Waals surface area contributed by atoms with E-state index in [2.05, 4.69) is 10.1 Å². The summed E-state index contributed by atoms with van der Waals surface area (Å²) in [4.78, 5) is 70.9. The summed E-state index contributed by atoms with van der Waals surface area (Å²) in [6, 6.07) is 13.1. The lowest BCUT2D eigenvalue weighted by molar-refractivity contribution is -0.394. The molecule has 0 bridgehead atoms. The molecule has 1 N–H and O–H groups in total. The molecular formula is C25H16N4O10. The zero-order valence-electron chi connectivity index (χ0n) is 19.9. The van der Waals surface area contributed by atoms with Crippen molar-refractivity contribution in [3.63, 3.8) is 0 Å². The first-order valence-corrected chi connectivity index (χ1v) is 10.9. The number of methoxy groups -OCH3 is 1. The van der Waals surface area contributed by atoms with Gasteiger partial charge in [-0.05, 0) is 54.1 Å². The molecule has 3 aromatic rings. The number of ether oxygens (including phenoxy) is 2. The molecule has 1 aliphatic heterocycles. The third-order valence-corrected chi connectivity index (χ3v) is 5.42. The van der Waals surface area contributed by atoms with Crippen molar-refractivity contribution in [2.45, 2.75) is 0 Å². The van der Waals surface area contributed by atoms with Gasteiger partial charge in [-0.1, -0.05) is 12.1 Å². The van der Waals surface area contributed by atoms with Gasteiger partial charge in [-0.25, -0.2) is 14.5 Å². The minimum Gasteiger partial charge on any atom is -0.465 e. The van der Waals surface area contributed by atoms with Crippen molar-refractivity contribution in [2.24, 2.45) is 0 Å². The summed E-state index contributed by atoms with van der Waals surface area (Å²) in [5.74, 6) is -2.53. The molecule has 4 amide bonds. The molecule has 39 heavy (non-hydrogen) atoms. The first-order valence-electron chi connectivity index (χ1n) is 10.9. The fraction of sp³-hybridized carbons (Fsp3) is 0.0400. The summed E-state index contributed by atoms with van der Waals surface area (Å²) in [6.45, 7) is 0. The topological polar surface area (TPSA) is 188 Å². The molecule has 1 fully saturated rings. The molecule has 0 aromatic heterocycles. The smallest absolute Gasteiger partial charge is 0.337 e. The van der Waals surface area contributed by atoms with E-state index in [1.807, 2.05) is 0 Å². The maximum atomic E-state index is 13.1. The van der Waals surface area contributed by atoms with Crippen molar-refractivity contribution in [3.05, 3.63) is 104 Å². The van der Waals surface area contributed by atoms with Gasteiger partial charge in [0.15, 0.2) is 0 Å². The van der Waals surface area contributed by atoms with E-state index in [9.17, 15) is 39.4 Å². The van der Waals surface area contributed by atoms with Crippen LogP contribution in [0.5, 0.6) is 11.5 Å². The third-order valence-electron chi connectivity index (χ3n) is 5.42. The number of imide groups is 2. The largest absolute Gasteiger partial charge is 0.465 e. The van der Waals surface area contributed by atoms with Gasteiger partial charge in [-0.2, -0.15) is 0 Å². The molecule has 1 aliphatic rings. The number of nitrogens with one attached hydrogen (secondary N) is 1. The molecule has 14 heteroatoms. The summed E-state index contributed by atoms with van der Waals surface area (Å²) in [7, 11) is 1.21. The standard InChI is InChI=1S/C25H16N4O10/c1-38-24(32)15-4-6-16(7-5-15)27-23(31)19(22(30)26-25(27)33)12-14-2-9-18(10-3-14)39-21-11-8-17(28(34)35)13-20(21)29(36)37/h2-13H,1H3,(H,26,30,33)/b19-12+. The second-order valence-electron chi connectivity index (χ2n) is 7.83. The molecule has 0 unspecified atom stereocenters. The zero-order valence-corrected chi connectivity index (χ0v) is 19.9. The van der Waals surface area contributed by atoms with Gasteiger partial charge in [0.2, 0.25) is 5.75 Å². The highest BCUT2D eigenvalue weighted by Crippen LogP contribution is 2.34. The lowest BCUT2D eigenvalue weighted by Crippen LogP contribution is -2.54. The second kappa shape index (κ2) is 10.6. The molecule has 4 rings (SSSR count). The van der Waals surface area contributed by atoms with Gasteiger partial charge in [-0.3, -0.25) is 35.1 Å². The molecule has 196 valence electrons. The SMILES string of the molecule is COC(=O)c1ccc(N2C(=O)NC(=O)/C(=C\c3ccc(Oc4ccc([N+](=O)[O-])cc4[N+](=O)[O-])cc3)C2=O)cc1. The minimum atomic E-state index is -0.971. The molecule has 14 nitrogen and oxygen atoms in total. The number of carbonyl (C=O) groups excluding carboxylic acids is 4. The van der Waals surface area contributed by atoms with Crippen LogP contribution in [0.25, 0.3) is 6.08 Å². The van der Waals surface area contributed by atoms with E-state index >= 15 is 0 Å². The van der Waals surface area contributed by atoms with E-state index in [1.54, 1.807) is 0 Å². The average Bonchev–Trinajstić information content (AvgIpc) is 2.91. The predicted octanol–water partition coefficient (Wildman–Crippen LogP) is 3.75. The number of hydrogen-bond donors (Lipinski definition) is 1. The summed E-state index contributed by atoms with van der Waals surface area (Å²) >= 11 is 0. The van der Waals surface area contributed by atoms with Gasteiger partial charge in [0, 0.05) is 6.07 Å². The van der Waals surface area contributed by atoms with Crippen LogP contribution in [-0.2, 0) is 14.3 Å². The number of urea groups is 1. The summed E-state index contributed by atoms with van der Waals surface area (Å²) in [5, 5.41) is 24.3. The molecule has 0 radical (unpaired) electrons. The van der Waals surface area contributed by atoms with Crippen LogP contribution in [0.15, 0.2) is 72.3 Å².